The number of aromatic nitrogens is 2. The van der Waals surface area contributed by atoms with Crippen LogP contribution in [-0.2, 0) is 9.53 Å². The first kappa shape index (κ1) is 31.3. The zero-order valence-electron chi connectivity index (χ0n) is 25.1. The van der Waals surface area contributed by atoms with Crippen molar-refractivity contribution in [1.82, 2.24) is 19.8 Å². The van der Waals surface area contributed by atoms with E-state index in [1.807, 2.05) is 30.3 Å². The minimum atomic E-state index is -0.318. The molecular formula is C33H38ClN7O3. The number of fused-ring (bicyclic) bond motifs is 1. The molecule has 5 rings (SSSR count). The molecule has 0 aliphatic carbocycles. The second-order valence-electron chi connectivity index (χ2n) is 11.0. The summed E-state index contributed by atoms with van der Waals surface area (Å²) in [5, 5.41) is 10.8. The van der Waals surface area contributed by atoms with Gasteiger partial charge in [-0.2, -0.15) is 0 Å². The Hall–Kier alpha value is -4.09. The number of amides is 2. The molecule has 44 heavy (non-hydrogen) atoms. The van der Waals surface area contributed by atoms with Crippen LogP contribution in [0.1, 0.15) is 23.2 Å². The van der Waals surface area contributed by atoms with Crippen molar-refractivity contribution >= 4 is 51.5 Å². The average Bonchev–Trinajstić information content (AvgIpc) is 3.03. The maximum atomic E-state index is 13.3. The number of morpholine rings is 1. The number of carbonyl (C=O) groups is 2. The summed E-state index contributed by atoms with van der Waals surface area (Å²) >= 11 is 6.36. The lowest BCUT2D eigenvalue weighted by atomic mass is 10.1. The van der Waals surface area contributed by atoms with Gasteiger partial charge in [-0.3, -0.25) is 14.5 Å². The highest BCUT2D eigenvalue weighted by molar-refractivity contribution is 6.31. The largest absolute Gasteiger partial charge is 0.379 e. The van der Waals surface area contributed by atoms with Gasteiger partial charge in [-0.15, -0.1) is 0 Å². The summed E-state index contributed by atoms with van der Waals surface area (Å²) in [6.45, 7) is 5.48. The van der Waals surface area contributed by atoms with E-state index in [1.165, 1.54) is 0 Å². The number of halogens is 1. The number of ether oxygens (including phenoxy) is 1. The van der Waals surface area contributed by atoms with Crippen LogP contribution in [0.4, 0.5) is 17.2 Å². The summed E-state index contributed by atoms with van der Waals surface area (Å²) in [5.41, 5.74) is 3.00. The van der Waals surface area contributed by atoms with E-state index in [0.29, 0.717) is 59.5 Å². The number of anilines is 3. The number of nitrogens with one attached hydrogen (secondary N) is 3. The Bertz CT molecular complexity index is 1590. The van der Waals surface area contributed by atoms with Gasteiger partial charge < -0.3 is 25.6 Å². The molecule has 230 valence electrons. The number of hydrogen-bond acceptors (Lipinski definition) is 8. The lowest BCUT2D eigenvalue weighted by molar-refractivity contribution is -0.116. The van der Waals surface area contributed by atoms with E-state index in [1.54, 1.807) is 36.4 Å². The summed E-state index contributed by atoms with van der Waals surface area (Å²) in [6, 6.07) is 19.9. The van der Waals surface area contributed by atoms with E-state index in [-0.39, 0.29) is 11.8 Å². The molecule has 10 nitrogen and oxygen atoms in total. The molecule has 1 aliphatic heterocycles. The molecule has 0 unspecified atom stereocenters. The quantitative estimate of drug-likeness (QED) is 0.186. The Balaban J connectivity index is 1.29. The SMILES string of the molecule is CN(C)CCCNc1nc(-c2ccc(Cl)cc2NC(=O)c2ccc(NC(=O)CCN3CCOCC3)cc2)nc2ccccc12. The normalized spacial score (nSPS) is 13.6. The zero-order chi connectivity index (χ0) is 30.9. The number of para-hydroxylation sites is 1. The van der Waals surface area contributed by atoms with Crippen molar-refractivity contribution < 1.29 is 14.3 Å². The first-order valence-electron chi connectivity index (χ1n) is 14.8. The standard InChI is InChI=1S/C33H38ClN7O3/c1-40(2)16-5-15-35-31-26-6-3-4-7-28(26)37-32(39-31)27-13-10-24(34)22-29(27)38-33(43)23-8-11-25(12-9-23)36-30(42)14-17-41-18-20-44-21-19-41/h3-4,6-13,22H,5,14-21H2,1-2H3,(H,36,42)(H,38,43)(H,35,37,39). The molecular weight excluding hydrogens is 578 g/mol. The lowest BCUT2D eigenvalue weighted by Crippen LogP contribution is -2.38. The Morgan fingerprint density at radius 3 is 2.52 bits per heavy atom. The fraction of sp³-hybridized carbons (Fsp3) is 0.333. The van der Waals surface area contributed by atoms with Gasteiger partial charge in [0.05, 0.1) is 24.4 Å². The average molecular weight is 616 g/mol. The number of rotatable bonds is 12. The van der Waals surface area contributed by atoms with E-state index in [2.05, 4.69) is 39.8 Å². The van der Waals surface area contributed by atoms with Crippen LogP contribution in [0.5, 0.6) is 0 Å². The van der Waals surface area contributed by atoms with Gasteiger partial charge in [0.1, 0.15) is 5.82 Å². The highest BCUT2D eigenvalue weighted by atomic mass is 35.5. The molecule has 1 aromatic heterocycles. The molecule has 2 heterocycles. The smallest absolute Gasteiger partial charge is 0.255 e. The van der Waals surface area contributed by atoms with E-state index in [4.69, 9.17) is 26.3 Å². The molecule has 0 saturated carbocycles. The molecule has 3 N–H and O–H groups in total. The molecule has 0 bridgehead atoms. The van der Waals surface area contributed by atoms with Crippen molar-refractivity contribution in [3.05, 3.63) is 77.3 Å². The third-order valence-corrected chi connectivity index (χ3v) is 7.57. The second kappa shape index (κ2) is 15.1. The van der Waals surface area contributed by atoms with E-state index < -0.39 is 0 Å². The van der Waals surface area contributed by atoms with Gasteiger partial charge >= 0.3 is 0 Å². The van der Waals surface area contributed by atoms with E-state index in [0.717, 1.165) is 49.3 Å². The van der Waals surface area contributed by atoms with Crippen molar-refractivity contribution in [3.8, 4) is 11.4 Å². The van der Waals surface area contributed by atoms with Crippen LogP contribution in [-0.4, -0.2) is 91.6 Å². The van der Waals surface area contributed by atoms with Gasteiger partial charge in [0.15, 0.2) is 5.82 Å². The summed E-state index contributed by atoms with van der Waals surface area (Å²) in [7, 11) is 4.10. The van der Waals surface area contributed by atoms with Gasteiger partial charge in [-0.25, -0.2) is 9.97 Å². The Kier molecular flexibility index (Phi) is 10.7. The van der Waals surface area contributed by atoms with Crippen LogP contribution < -0.4 is 16.0 Å². The number of carbonyl (C=O) groups excluding carboxylic acids is 2. The van der Waals surface area contributed by atoms with E-state index in [9.17, 15) is 9.59 Å². The lowest BCUT2D eigenvalue weighted by Gasteiger charge is -2.26. The Labute approximate surface area is 262 Å². The highest BCUT2D eigenvalue weighted by Gasteiger charge is 2.17. The van der Waals surface area contributed by atoms with Crippen LogP contribution in [0.3, 0.4) is 0 Å². The molecule has 11 heteroatoms. The second-order valence-corrected chi connectivity index (χ2v) is 11.4. The molecule has 0 atom stereocenters. The van der Waals surface area contributed by atoms with Gasteiger partial charge in [0.25, 0.3) is 5.91 Å². The van der Waals surface area contributed by atoms with Gasteiger partial charge in [0.2, 0.25) is 5.91 Å². The van der Waals surface area contributed by atoms with Gasteiger partial charge in [-0.1, -0.05) is 23.7 Å². The van der Waals surface area contributed by atoms with Crippen molar-refractivity contribution in [2.45, 2.75) is 12.8 Å². The molecule has 4 aromatic rings. The first-order valence-corrected chi connectivity index (χ1v) is 15.2. The number of nitrogens with zero attached hydrogens (tertiary/aromatic N) is 4. The summed E-state index contributed by atoms with van der Waals surface area (Å²) in [5.74, 6) is 0.820. The van der Waals surface area contributed by atoms with Crippen molar-refractivity contribution in [2.75, 3.05) is 76.0 Å². The van der Waals surface area contributed by atoms with Gasteiger partial charge in [-0.05, 0) is 81.7 Å². The monoisotopic (exact) mass is 615 g/mol. The van der Waals surface area contributed by atoms with Crippen LogP contribution in [0.25, 0.3) is 22.3 Å². The number of benzene rings is 3. The topological polar surface area (TPSA) is 112 Å². The van der Waals surface area contributed by atoms with Crippen LogP contribution >= 0.6 is 11.6 Å². The van der Waals surface area contributed by atoms with Crippen molar-refractivity contribution in [2.24, 2.45) is 0 Å². The van der Waals surface area contributed by atoms with Crippen LogP contribution in [0.2, 0.25) is 5.02 Å². The fourth-order valence-corrected chi connectivity index (χ4v) is 5.13. The third kappa shape index (κ3) is 8.51. The van der Waals surface area contributed by atoms with Gasteiger partial charge in [0, 0.05) is 59.8 Å². The summed E-state index contributed by atoms with van der Waals surface area (Å²) in [4.78, 5) is 39.8. The van der Waals surface area contributed by atoms with Crippen LogP contribution in [0.15, 0.2) is 66.7 Å². The highest BCUT2D eigenvalue weighted by Crippen LogP contribution is 2.32. The molecule has 3 aromatic carbocycles. The molecule has 1 saturated heterocycles. The molecule has 0 spiro atoms. The first-order chi connectivity index (χ1) is 21.4. The summed E-state index contributed by atoms with van der Waals surface area (Å²) < 4.78 is 5.36. The van der Waals surface area contributed by atoms with Crippen LogP contribution in [0, 0.1) is 0 Å². The van der Waals surface area contributed by atoms with Crippen molar-refractivity contribution in [1.29, 1.82) is 0 Å². The molecule has 1 aliphatic rings. The predicted octanol–water partition coefficient (Wildman–Crippen LogP) is 5.23. The minimum Gasteiger partial charge on any atom is -0.379 e. The minimum absolute atomic E-state index is 0.0702. The molecule has 1 fully saturated rings. The zero-order valence-corrected chi connectivity index (χ0v) is 25.9. The third-order valence-electron chi connectivity index (χ3n) is 7.34. The Morgan fingerprint density at radius 1 is 0.977 bits per heavy atom. The number of hydrogen-bond donors (Lipinski definition) is 3. The van der Waals surface area contributed by atoms with E-state index >= 15 is 0 Å². The molecule has 0 radical (unpaired) electrons. The van der Waals surface area contributed by atoms with Crippen molar-refractivity contribution in [3.63, 3.8) is 0 Å². The Morgan fingerprint density at radius 2 is 1.75 bits per heavy atom. The predicted molar refractivity (Wildman–Crippen MR) is 177 cm³/mol. The summed E-state index contributed by atoms with van der Waals surface area (Å²) in [6.07, 6.45) is 1.35. The maximum absolute atomic E-state index is 13.3. The fourth-order valence-electron chi connectivity index (χ4n) is 4.96. The maximum Gasteiger partial charge on any atom is 0.255 e. The molecule has 2 amide bonds.